The monoisotopic (exact) mass is 324 g/mol. The molecule has 0 rings (SSSR count). The molecule has 0 saturated heterocycles. The Hall–Kier alpha value is -1.57. The maximum atomic E-state index is 12.1. The summed E-state index contributed by atoms with van der Waals surface area (Å²) in [5.74, 6) is -0.284. The van der Waals surface area contributed by atoms with Crippen molar-refractivity contribution in [1.29, 1.82) is 5.26 Å². The summed E-state index contributed by atoms with van der Waals surface area (Å²) < 4.78 is 5.91. The van der Waals surface area contributed by atoms with E-state index in [4.69, 9.17) is 10.00 Å². The van der Waals surface area contributed by atoms with Gasteiger partial charge in [0.1, 0.15) is 0 Å². The standard InChI is InChI=1S/C18H32N2O3/c1-16(21)23-14-10-12-18(4,5)20(22)13-9-7-6-8-11-17(2,3)15-19/h13H,6-12,14H2,1-5H3/b20-13-. The van der Waals surface area contributed by atoms with Gasteiger partial charge in [0.2, 0.25) is 0 Å². The second-order valence-corrected chi connectivity index (χ2v) is 7.36. The molecule has 0 fully saturated rings. The number of carbonyl (C=O) groups excluding carboxylic acids is 1. The first-order valence-electron chi connectivity index (χ1n) is 8.45. The van der Waals surface area contributed by atoms with Gasteiger partial charge in [0, 0.05) is 33.6 Å². The van der Waals surface area contributed by atoms with Crippen LogP contribution in [-0.4, -0.2) is 29.1 Å². The lowest BCUT2D eigenvalue weighted by atomic mass is 9.89. The molecule has 0 N–H and O–H groups in total. The van der Waals surface area contributed by atoms with E-state index in [1.165, 1.54) is 6.92 Å². The average Bonchev–Trinajstić information content (AvgIpc) is 2.46. The van der Waals surface area contributed by atoms with Crippen LogP contribution in [0.3, 0.4) is 0 Å². The first kappa shape index (κ1) is 21.4. The molecule has 0 heterocycles. The van der Waals surface area contributed by atoms with Crippen molar-refractivity contribution < 1.29 is 14.3 Å². The van der Waals surface area contributed by atoms with E-state index in [0.717, 1.165) is 36.8 Å². The van der Waals surface area contributed by atoms with Gasteiger partial charge in [-0.3, -0.25) is 4.79 Å². The zero-order valence-electron chi connectivity index (χ0n) is 15.4. The van der Waals surface area contributed by atoms with Gasteiger partial charge in [-0.25, -0.2) is 4.74 Å². The van der Waals surface area contributed by atoms with E-state index in [1.807, 2.05) is 27.7 Å². The third kappa shape index (κ3) is 10.7. The van der Waals surface area contributed by atoms with Crippen LogP contribution in [0.2, 0.25) is 0 Å². The van der Waals surface area contributed by atoms with Crippen LogP contribution in [0.1, 0.15) is 79.6 Å². The molecule has 5 heteroatoms. The predicted molar refractivity (Wildman–Crippen MR) is 92.1 cm³/mol. The number of rotatable bonds is 11. The van der Waals surface area contributed by atoms with Crippen LogP contribution < -0.4 is 0 Å². The van der Waals surface area contributed by atoms with Gasteiger partial charge in [-0.15, -0.1) is 0 Å². The Labute approximate surface area is 140 Å². The van der Waals surface area contributed by atoms with Crippen molar-refractivity contribution in [2.75, 3.05) is 6.61 Å². The maximum Gasteiger partial charge on any atom is 0.302 e. The highest BCUT2D eigenvalue weighted by atomic mass is 16.5. The zero-order valence-corrected chi connectivity index (χ0v) is 15.4. The van der Waals surface area contributed by atoms with E-state index in [9.17, 15) is 10.0 Å². The van der Waals surface area contributed by atoms with Crippen molar-refractivity contribution in [1.82, 2.24) is 0 Å². The summed E-state index contributed by atoms with van der Waals surface area (Å²) in [5, 5.41) is 21.1. The zero-order chi connectivity index (χ0) is 17.9. The topological polar surface area (TPSA) is 76.2 Å². The molecule has 0 saturated carbocycles. The number of nitriles is 1. The van der Waals surface area contributed by atoms with Crippen LogP contribution in [0, 0.1) is 22.0 Å². The number of hydroxylamine groups is 1. The van der Waals surface area contributed by atoms with E-state index < -0.39 is 5.54 Å². The third-order valence-corrected chi connectivity index (χ3v) is 3.94. The molecule has 0 unspecified atom stereocenters. The molecule has 0 aromatic carbocycles. The largest absolute Gasteiger partial charge is 0.624 e. The summed E-state index contributed by atoms with van der Waals surface area (Å²) >= 11 is 0. The molecular formula is C18H32N2O3. The highest BCUT2D eigenvalue weighted by Gasteiger charge is 2.25. The molecule has 0 radical (unpaired) electrons. The van der Waals surface area contributed by atoms with Crippen LogP contribution in [0.25, 0.3) is 0 Å². The highest BCUT2D eigenvalue weighted by molar-refractivity contribution is 5.65. The first-order valence-corrected chi connectivity index (χ1v) is 8.45. The molecule has 132 valence electrons. The van der Waals surface area contributed by atoms with Gasteiger partial charge in [-0.1, -0.05) is 12.8 Å². The van der Waals surface area contributed by atoms with Gasteiger partial charge < -0.3 is 9.94 Å². The Morgan fingerprint density at radius 1 is 1.17 bits per heavy atom. The number of unbranched alkanes of at least 4 members (excludes halogenated alkanes) is 3. The molecule has 23 heavy (non-hydrogen) atoms. The lowest BCUT2D eigenvalue weighted by Gasteiger charge is -2.24. The van der Waals surface area contributed by atoms with Crippen molar-refractivity contribution in [3.05, 3.63) is 5.21 Å². The molecule has 0 amide bonds. The summed E-state index contributed by atoms with van der Waals surface area (Å²) in [6, 6.07) is 2.30. The Morgan fingerprint density at radius 3 is 2.39 bits per heavy atom. The quantitative estimate of drug-likeness (QED) is 0.143. The Morgan fingerprint density at radius 2 is 1.83 bits per heavy atom. The molecule has 5 nitrogen and oxygen atoms in total. The molecule has 0 atom stereocenters. The second kappa shape index (κ2) is 10.3. The lowest BCUT2D eigenvalue weighted by Crippen LogP contribution is -2.33. The minimum atomic E-state index is -0.483. The van der Waals surface area contributed by atoms with Crippen LogP contribution in [0.5, 0.6) is 0 Å². The van der Waals surface area contributed by atoms with Gasteiger partial charge in [0.25, 0.3) is 0 Å². The van der Waals surface area contributed by atoms with E-state index in [-0.39, 0.29) is 11.4 Å². The summed E-state index contributed by atoms with van der Waals surface area (Å²) in [7, 11) is 0. The lowest BCUT2D eigenvalue weighted by molar-refractivity contribution is -0.538. The minimum absolute atomic E-state index is 0.252. The van der Waals surface area contributed by atoms with E-state index in [1.54, 1.807) is 6.21 Å². The number of hydrogen-bond acceptors (Lipinski definition) is 4. The SMILES string of the molecule is CC(=O)OCCCC(C)(C)/[N+]([O-])=C/CCCCCC(C)(C)C#N. The van der Waals surface area contributed by atoms with Crippen LogP contribution in [0.4, 0.5) is 0 Å². The fourth-order valence-corrected chi connectivity index (χ4v) is 2.23. The predicted octanol–water partition coefficient (Wildman–Crippen LogP) is 4.19. The molecule has 0 aromatic rings. The normalized spacial score (nSPS) is 12.8. The average molecular weight is 324 g/mol. The van der Waals surface area contributed by atoms with Gasteiger partial charge in [-0.05, 0) is 33.1 Å². The first-order chi connectivity index (χ1) is 10.6. The number of nitrogens with zero attached hydrogens (tertiary/aromatic N) is 2. The van der Waals surface area contributed by atoms with Gasteiger partial charge in [0.05, 0.1) is 18.1 Å². The Kier molecular flexibility index (Phi) is 9.55. The molecule has 0 spiro atoms. The fourth-order valence-electron chi connectivity index (χ4n) is 2.23. The van der Waals surface area contributed by atoms with Gasteiger partial charge in [0.15, 0.2) is 11.8 Å². The Bertz CT molecular complexity index is 434. The van der Waals surface area contributed by atoms with Gasteiger partial charge in [-0.2, -0.15) is 5.26 Å². The molecular weight excluding hydrogens is 292 g/mol. The van der Waals surface area contributed by atoms with Crippen molar-refractivity contribution in [2.45, 2.75) is 85.1 Å². The van der Waals surface area contributed by atoms with Crippen molar-refractivity contribution in [2.24, 2.45) is 5.41 Å². The second-order valence-electron chi connectivity index (χ2n) is 7.36. The van der Waals surface area contributed by atoms with Crippen molar-refractivity contribution >= 4 is 12.2 Å². The van der Waals surface area contributed by atoms with E-state index in [0.29, 0.717) is 19.4 Å². The molecule has 0 aliphatic carbocycles. The number of hydrogen-bond donors (Lipinski definition) is 0. The number of esters is 1. The third-order valence-electron chi connectivity index (χ3n) is 3.94. The van der Waals surface area contributed by atoms with E-state index >= 15 is 0 Å². The molecule has 0 bridgehead atoms. The summed E-state index contributed by atoms with van der Waals surface area (Å²) in [6.07, 6.45) is 7.72. The van der Waals surface area contributed by atoms with Crippen LogP contribution >= 0.6 is 0 Å². The number of ether oxygens (including phenoxy) is 1. The summed E-state index contributed by atoms with van der Waals surface area (Å²) in [4.78, 5) is 10.7. The molecule has 0 aliphatic rings. The highest BCUT2D eigenvalue weighted by Crippen LogP contribution is 2.22. The summed E-state index contributed by atoms with van der Waals surface area (Å²) in [5.41, 5.74) is -0.735. The summed E-state index contributed by atoms with van der Waals surface area (Å²) in [6.45, 7) is 9.46. The van der Waals surface area contributed by atoms with Gasteiger partial charge >= 0.3 is 5.97 Å². The molecule has 0 aliphatic heterocycles. The van der Waals surface area contributed by atoms with Crippen molar-refractivity contribution in [3.8, 4) is 6.07 Å². The smallest absolute Gasteiger partial charge is 0.302 e. The van der Waals surface area contributed by atoms with Crippen molar-refractivity contribution in [3.63, 3.8) is 0 Å². The molecule has 0 aromatic heterocycles. The Balaban J connectivity index is 3.99. The maximum absolute atomic E-state index is 12.1. The van der Waals surface area contributed by atoms with Crippen LogP contribution in [0.15, 0.2) is 0 Å². The van der Waals surface area contributed by atoms with E-state index in [2.05, 4.69) is 6.07 Å². The fraction of sp³-hybridized carbons (Fsp3) is 0.833. The number of carbonyl (C=O) groups is 1. The minimum Gasteiger partial charge on any atom is -0.624 e. The van der Waals surface area contributed by atoms with Crippen LogP contribution in [-0.2, 0) is 9.53 Å².